The molecule has 0 saturated heterocycles. The molecule has 2 aromatic heterocycles. The number of aromatic amines is 2. The van der Waals surface area contributed by atoms with Gasteiger partial charge in [-0.05, 0) is 24.6 Å². The van der Waals surface area contributed by atoms with Crippen LogP contribution in [0.15, 0.2) is 54.7 Å². The fourth-order valence-electron chi connectivity index (χ4n) is 4.46. The van der Waals surface area contributed by atoms with E-state index in [0.29, 0.717) is 6.04 Å². The summed E-state index contributed by atoms with van der Waals surface area (Å²) in [5, 5.41) is 2.74. The summed E-state index contributed by atoms with van der Waals surface area (Å²) >= 11 is 0. The van der Waals surface area contributed by atoms with Gasteiger partial charge in [-0.25, -0.2) is 0 Å². The number of H-pyrrole nitrogens is 2. The number of hydrogen-bond acceptors (Lipinski definition) is 0. The molecule has 3 N–H and O–H groups in total. The maximum Gasteiger partial charge on any atom is 0.156 e. The Kier molecular flexibility index (Phi) is 3.03. The Bertz CT molecular complexity index is 1020. The Hall–Kier alpha value is -2.52. The topological polar surface area (TPSA) is 36.0 Å². The van der Waals surface area contributed by atoms with Crippen molar-refractivity contribution in [1.29, 1.82) is 0 Å². The van der Waals surface area contributed by atoms with E-state index in [1.165, 1.54) is 45.2 Å². The van der Waals surface area contributed by atoms with Crippen molar-refractivity contribution < 1.29 is 4.90 Å². The second kappa shape index (κ2) is 5.25. The van der Waals surface area contributed by atoms with Crippen LogP contribution in [0.4, 0.5) is 0 Å². The average Bonchev–Trinajstić information content (AvgIpc) is 3.22. The number of nitrogens with one attached hydrogen (secondary N) is 3. The first-order valence-corrected chi connectivity index (χ1v) is 8.87. The summed E-state index contributed by atoms with van der Waals surface area (Å²) in [4.78, 5) is 8.85. The molecular formula is C21H22N3+. The van der Waals surface area contributed by atoms with Gasteiger partial charge >= 0.3 is 0 Å². The fourth-order valence-corrected chi connectivity index (χ4v) is 4.46. The van der Waals surface area contributed by atoms with Gasteiger partial charge in [-0.15, -0.1) is 0 Å². The smallest absolute Gasteiger partial charge is 0.156 e. The Morgan fingerprint density at radius 3 is 2.58 bits per heavy atom. The van der Waals surface area contributed by atoms with Gasteiger partial charge in [-0.2, -0.15) is 0 Å². The average molecular weight is 316 g/mol. The predicted octanol–water partition coefficient (Wildman–Crippen LogP) is 3.20. The van der Waals surface area contributed by atoms with E-state index in [1.807, 2.05) is 0 Å². The largest absolute Gasteiger partial charge is 0.361 e. The van der Waals surface area contributed by atoms with Gasteiger partial charge in [0.15, 0.2) is 6.04 Å². The molecule has 120 valence electrons. The van der Waals surface area contributed by atoms with Gasteiger partial charge in [0, 0.05) is 40.0 Å². The maximum absolute atomic E-state index is 3.75. The van der Waals surface area contributed by atoms with Gasteiger partial charge in [0.2, 0.25) is 0 Å². The predicted molar refractivity (Wildman–Crippen MR) is 98.5 cm³/mol. The number of para-hydroxylation sites is 2. The van der Waals surface area contributed by atoms with Crippen LogP contribution < -0.4 is 4.90 Å². The molecule has 2 atom stereocenters. The second-order valence-corrected chi connectivity index (χ2v) is 6.80. The first-order chi connectivity index (χ1) is 11.9. The highest BCUT2D eigenvalue weighted by molar-refractivity contribution is 5.87. The van der Waals surface area contributed by atoms with Crippen molar-refractivity contribution in [3.05, 3.63) is 71.5 Å². The molecule has 1 unspecified atom stereocenters. The van der Waals surface area contributed by atoms with Crippen molar-refractivity contribution in [3.8, 4) is 0 Å². The molecule has 0 bridgehead atoms. The lowest BCUT2D eigenvalue weighted by Crippen LogP contribution is -3.13. The highest BCUT2D eigenvalue weighted by atomic mass is 15.2. The normalized spacial score (nSPS) is 20.5. The van der Waals surface area contributed by atoms with Crippen LogP contribution in [0.5, 0.6) is 0 Å². The van der Waals surface area contributed by atoms with E-state index in [0.717, 1.165) is 13.0 Å². The van der Waals surface area contributed by atoms with E-state index in [2.05, 4.69) is 71.6 Å². The minimum absolute atomic E-state index is 0.377. The number of hydrogen-bond donors (Lipinski definition) is 3. The Labute approximate surface area is 141 Å². The molecule has 0 saturated carbocycles. The lowest BCUT2D eigenvalue weighted by molar-refractivity contribution is -0.926. The molecule has 2 aromatic carbocycles. The summed E-state index contributed by atoms with van der Waals surface area (Å²) in [6.45, 7) is 4.62. The lowest BCUT2D eigenvalue weighted by atomic mass is 9.92. The lowest BCUT2D eigenvalue weighted by Gasteiger charge is -2.32. The molecular weight excluding hydrogens is 294 g/mol. The molecule has 0 aliphatic carbocycles. The highest BCUT2D eigenvalue weighted by Crippen LogP contribution is 2.34. The molecule has 1 aliphatic heterocycles. The van der Waals surface area contributed by atoms with E-state index >= 15 is 0 Å². The summed E-state index contributed by atoms with van der Waals surface area (Å²) in [6, 6.07) is 17.8. The van der Waals surface area contributed by atoms with Crippen LogP contribution >= 0.6 is 0 Å². The quantitative estimate of drug-likeness (QED) is 0.508. The van der Waals surface area contributed by atoms with Gasteiger partial charge < -0.3 is 14.9 Å². The van der Waals surface area contributed by atoms with Crippen LogP contribution in [0.2, 0.25) is 0 Å². The van der Waals surface area contributed by atoms with E-state index in [4.69, 9.17) is 0 Å². The minimum atomic E-state index is 0.377. The van der Waals surface area contributed by atoms with Crippen molar-refractivity contribution in [2.45, 2.75) is 19.4 Å². The summed E-state index contributed by atoms with van der Waals surface area (Å²) in [6.07, 6.45) is 3.37. The number of benzene rings is 2. The van der Waals surface area contributed by atoms with Gasteiger partial charge in [-0.1, -0.05) is 36.4 Å². The molecule has 3 nitrogen and oxygen atoms in total. The third kappa shape index (κ3) is 1.88. The van der Waals surface area contributed by atoms with Crippen LogP contribution in [-0.2, 0) is 6.42 Å². The number of likely N-dealkylation sites (N-methyl/N-ethyl adjacent to an activating group) is 1. The fraction of sp³-hybridized carbons (Fsp3) is 0.238. The molecule has 3 heteroatoms. The van der Waals surface area contributed by atoms with E-state index < -0.39 is 0 Å². The molecule has 0 radical (unpaired) electrons. The van der Waals surface area contributed by atoms with Crippen molar-refractivity contribution >= 4 is 21.8 Å². The summed E-state index contributed by atoms with van der Waals surface area (Å²) in [7, 11) is 0. The Balaban J connectivity index is 1.77. The molecule has 0 amide bonds. The van der Waals surface area contributed by atoms with Crippen LogP contribution in [0.3, 0.4) is 0 Å². The van der Waals surface area contributed by atoms with E-state index in [-0.39, 0.29) is 0 Å². The molecule has 5 rings (SSSR count). The van der Waals surface area contributed by atoms with Crippen LogP contribution in [-0.4, -0.2) is 23.1 Å². The number of quaternary nitrogens is 1. The molecule has 24 heavy (non-hydrogen) atoms. The number of fused-ring (bicyclic) bond motifs is 4. The summed E-state index contributed by atoms with van der Waals surface area (Å²) in [5.74, 6) is 0. The maximum atomic E-state index is 3.75. The van der Waals surface area contributed by atoms with Gasteiger partial charge in [0.1, 0.15) is 0 Å². The molecule has 0 fully saturated rings. The van der Waals surface area contributed by atoms with Crippen molar-refractivity contribution in [3.63, 3.8) is 0 Å². The van der Waals surface area contributed by atoms with Crippen LogP contribution in [0, 0.1) is 0 Å². The van der Waals surface area contributed by atoms with Crippen LogP contribution in [0.1, 0.15) is 29.8 Å². The van der Waals surface area contributed by atoms with Crippen molar-refractivity contribution in [2.75, 3.05) is 13.1 Å². The standard InChI is InChI=1S/C21H21N3/c1-2-24-12-11-16-14-7-4-6-10-19(14)23-20(16)21(24)17-13-22-18-9-5-3-8-15(17)18/h3-10,13,21-23H,2,11-12H2,1H3/p+1/t21-/m0/s1. The van der Waals surface area contributed by atoms with E-state index in [1.54, 1.807) is 4.90 Å². The highest BCUT2D eigenvalue weighted by Gasteiger charge is 2.35. The van der Waals surface area contributed by atoms with Crippen molar-refractivity contribution in [1.82, 2.24) is 9.97 Å². The Morgan fingerprint density at radius 2 is 1.75 bits per heavy atom. The van der Waals surface area contributed by atoms with Gasteiger partial charge in [-0.3, -0.25) is 0 Å². The van der Waals surface area contributed by atoms with Gasteiger partial charge in [0.05, 0.1) is 18.8 Å². The Morgan fingerprint density at radius 1 is 1.00 bits per heavy atom. The third-order valence-electron chi connectivity index (χ3n) is 5.63. The first-order valence-electron chi connectivity index (χ1n) is 8.87. The SMILES string of the molecule is CC[NH+]1CCc2c([nH]c3ccccc23)[C@@H]1c1c[nH]c2ccccc12. The third-order valence-corrected chi connectivity index (χ3v) is 5.63. The second-order valence-electron chi connectivity index (χ2n) is 6.80. The van der Waals surface area contributed by atoms with Gasteiger partial charge in [0.25, 0.3) is 0 Å². The summed E-state index contributed by atoms with van der Waals surface area (Å²) in [5.41, 5.74) is 6.83. The zero-order chi connectivity index (χ0) is 16.1. The number of aromatic nitrogens is 2. The number of rotatable bonds is 2. The minimum Gasteiger partial charge on any atom is -0.361 e. The first kappa shape index (κ1) is 13.9. The zero-order valence-corrected chi connectivity index (χ0v) is 13.9. The molecule has 4 aromatic rings. The molecule has 1 aliphatic rings. The van der Waals surface area contributed by atoms with Crippen LogP contribution in [0.25, 0.3) is 21.8 Å². The molecule has 3 heterocycles. The molecule has 0 spiro atoms. The zero-order valence-electron chi connectivity index (χ0n) is 13.9. The monoisotopic (exact) mass is 316 g/mol. The summed E-state index contributed by atoms with van der Waals surface area (Å²) < 4.78 is 0. The van der Waals surface area contributed by atoms with Crippen molar-refractivity contribution in [2.24, 2.45) is 0 Å². The van der Waals surface area contributed by atoms with E-state index in [9.17, 15) is 0 Å².